The zero-order valence-electron chi connectivity index (χ0n) is 11.5. The molecule has 0 aliphatic heterocycles. The van der Waals surface area contributed by atoms with E-state index in [-0.39, 0.29) is 0 Å². The summed E-state index contributed by atoms with van der Waals surface area (Å²) in [5, 5.41) is 3.38. The van der Waals surface area contributed by atoms with Gasteiger partial charge < -0.3 is 5.32 Å². The minimum absolute atomic E-state index is 0.658. The lowest BCUT2D eigenvalue weighted by molar-refractivity contribution is 0.551. The van der Waals surface area contributed by atoms with E-state index in [0.29, 0.717) is 5.92 Å². The molecule has 2 aromatic heterocycles. The third-order valence-corrected chi connectivity index (χ3v) is 2.73. The van der Waals surface area contributed by atoms with Gasteiger partial charge in [-0.15, -0.1) is 0 Å². The van der Waals surface area contributed by atoms with E-state index < -0.39 is 0 Å². The Morgan fingerprint density at radius 1 is 1.11 bits per heavy atom. The second-order valence-electron chi connectivity index (χ2n) is 5.07. The summed E-state index contributed by atoms with van der Waals surface area (Å²) in [5.74, 6) is 1.49. The summed E-state index contributed by atoms with van der Waals surface area (Å²) in [6.07, 6.45) is 8.14. The fourth-order valence-corrected chi connectivity index (χ4v) is 1.75. The topological polar surface area (TPSA) is 50.7 Å². The van der Waals surface area contributed by atoms with Crippen LogP contribution in [0.2, 0.25) is 0 Å². The van der Waals surface area contributed by atoms with Gasteiger partial charge in [0.15, 0.2) is 0 Å². The molecule has 0 aliphatic carbocycles. The first-order valence-corrected chi connectivity index (χ1v) is 6.63. The van der Waals surface area contributed by atoms with Crippen molar-refractivity contribution in [1.29, 1.82) is 0 Å². The third kappa shape index (κ3) is 4.75. The summed E-state index contributed by atoms with van der Waals surface area (Å²) in [7, 11) is 0. The minimum Gasteiger partial charge on any atom is -0.312 e. The van der Waals surface area contributed by atoms with Gasteiger partial charge in [-0.25, -0.2) is 9.97 Å². The Kier molecular flexibility index (Phi) is 4.98. The number of nitrogens with zero attached hydrogens (tertiary/aromatic N) is 3. The molecule has 2 aromatic rings. The van der Waals surface area contributed by atoms with Crippen molar-refractivity contribution in [3.63, 3.8) is 0 Å². The number of hydrogen-bond donors (Lipinski definition) is 1. The molecule has 4 heteroatoms. The Bertz CT molecular complexity index is 479. The lowest BCUT2D eigenvalue weighted by Gasteiger charge is -2.07. The largest absolute Gasteiger partial charge is 0.312 e. The number of nitrogens with one attached hydrogen (secondary N) is 1. The van der Waals surface area contributed by atoms with Gasteiger partial charge in [0.2, 0.25) is 0 Å². The fraction of sp³-hybridized carbons (Fsp3) is 0.400. The van der Waals surface area contributed by atoms with Crippen molar-refractivity contribution in [1.82, 2.24) is 20.3 Å². The number of pyridine rings is 1. The molecule has 0 fully saturated rings. The van der Waals surface area contributed by atoms with Crippen molar-refractivity contribution < 1.29 is 0 Å². The van der Waals surface area contributed by atoms with E-state index in [1.165, 1.54) is 0 Å². The maximum Gasteiger partial charge on any atom is 0.132 e. The first-order valence-electron chi connectivity index (χ1n) is 6.63. The van der Waals surface area contributed by atoms with Crippen LogP contribution < -0.4 is 5.32 Å². The standard InChI is InChI=1S/C15H20N4/c1-12(2)7-17-9-14-10-18-15(19-11-14)6-13-4-3-5-16-8-13/h3-5,8,10-12,17H,6-7,9H2,1-2H3. The molecule has 0 spiro atoms. The molecule has 0 radical (unpaired) electrons. The molecule has 0 amide bonds. The second kappa shape index (κ2) is 6.95. The van der Waals surface area contributed by atoms with Crippen LogP contribution in [0.4, 0.5) is 0 Å². The van der Waals surface area contributed by atoms with Crippen molar-refractivity contribution in [2.75, 3.05) is 6.54 Å². The molecule has 0 bridgehead atoms. The second-order valence-corrected chi connectivity index (χ2v) is 5.07. The van der Waals surface area contributed by atoms with Gasteiger partial charge in [0.05, 0.1) is 0 Å². The van der Waals surface area contributed by atoms with Crippen LogP contribution in [0.1, 0.15) is 30.8 Å². The molecule has 19 heavy (non-hydrogen) atoms. The predicted molar refractivity (Wildman–Crippen MR) is 75.6 cm³/mol. The highest BCUT2D eigenvalue weighted by Crippen LogP contribution is 2.04. The van der Waals surface area contributed by atoms with Crippen molar-refractivity contribution in [3.05, 3.63) is 53.9 Å². The Morgan fingerprint density at radius 2 is 1.89 bits per heavy atom. The van der Waals surface area contributed by atoms with E-state index in [0.717, 1.165) is 36.5 Å². The molecule has 4 nitrogen and oxygen atoms in total. The van der Waals surface area contributed by atoms with Crippen LogP contribution in [0.25, 0.3) is 0 Å². The number of hydrogen-bond acceptors (Lipinski definition) is 4. The zero-order valence-corrected chi connectivity index (χ0v) is 11.5. The van der Waals surface area contributed by atoms with Crippen molar-refractivity contribution in [2.24, 2.45) is 5.92 Å². The SMILES string of the molecule is CC(C)CNCc1cnc(Cc2cccnc2)nc1. The molecule has 1 N–H and O–H groups in total. The maximum atomic E-state index is 4.39. The molecule has 0 saturated heterocycles. The lowest BCUT2D eigenvalue weighted by atomic mass is 10.2. The van der Waals surface area contributed by atoms with Crippen molar-refractivity contribution in [2.45, 2.75) is 26.8 Å². The van der Waals surface area contributed by atoms with E-state index in [9.17, 15) is 0 Å². The van der Waals surface area contributed by atoms with Gasteiger partial charge in [-0.3, -0.25) is 4.98 Å². The average molecular weight is 256 g/mol. The first kappa shape index (κ1) is 13.6. The summed E-state index contributed by atoms with van der Waals surface area (Å²) in [6.45, 7) is 6.23. The van der Waals surface area contributed by atoms with Gasteiger partial charge >= 0.3 is 0 Å². The van der Waals surface area contributed by atoms with E-state index in [1.54, 1.807) is 6.20 Å². The lowest BCUT2D eigenvalue weighted by Crippen LogP contribution is -2.19. The smallest absolute Gasteiger partial charge is 0.132 e. The molecule has 0 atom stereocenters. The third-order valence-electron chi connectivity index (χ3n) is 2.73. The zero-order chi connectivity index (χ0) is 13.5. The van der Waals surface area contributed by atoms with Gasteiger partial charge in [0, 0.05) is 43.3 Å². The highest BCUT2D eigenvalue weighted by Gasteiger charge is 2.00. The average Bonchev–Trinajstić information content (AvgIpc) is 2.42. The van der Waals surface area contributed by atoms with Crippen LogP contribution >= 0.6 is 0 Å². The van der Waals surface area contributed by atoms with Gasteiger partial charge in [-0.2, -0.15) is 0 Å². The molecule has 0 unspecified atom stereocenters. The van der Waals surface area contributed by atoms with Crippen LogP contribution in [0.3, 0.4) is 0 Å². The Balaban J connectivity index is 1.88. The summed E-state index contributed by atoms with van der Waals surface area (Å²) in [4.78, 5) is 12.9. The van der Waals surface area contributed by atoms with Crippen LogP contribution in [-0.2, 0) is 13.0 Å². The van der Waals surface area contributed by atoms with Crippen LogP contribution in [0, 0.1) is 5.92 Å². The van der Waals surface area contributed by atoms with Gasteiger partial charge in [-0.1, -0.05) is 19.9 Å². The molecular formula is C15H20N4. The highest BCUT2D eigenvalue weighted by molar-refractivity contribution is 5.15. The van der Waals surface area contributed by atoms with Gasteiger partial charge in [0.25, 0.3) is 0 Å². The summed E-state index contributed by atoms with van der Waals surface area (Å²) in [5.41, 5.74) is 2.25. The predicted octanol–water partition coefficient (Wildman–Crippen LogP) is 2.21. The maximum absolute atomic E-state index is 4.39. The molecular weight excluding hydrogens is 236 g/mol. The number of rotatable bonds is 6. The minimum atomic E-state index is 0.658. The normalized spacial score (nSPS) is 10.9. The van der Waals surface area contributed by atoms with Crippen LogP contribution in [-0.4, -0.2) is 21.5 Å². The quantitative estimate of drug-likeness (QED) is 0.861. The van der Waals surface area contributed by atoms with Gasteiger partial charge in [-0.05, 0) is 24.1 Å². The summed E-state index contributed by atoms with van der Waals surface area (Å²) < 4.78 is 0. The van der Waals surface area contributed by atoms with Crippen molar-refractivity contribution >= 4 is 0 Å². The van der Waals surface area contributed by atoms with E-state index in [4.69, 9.17) is 0 Å². The summed E-state index contributed by atoms with van der Waals surface area (Å²) >= 11 is 0. The monoisotopic (exact) mass is 256 g/mol. The fourth-order valence-electron chi connectivity index (χ4n) is 1.75. The molecule has 100 valence electrons. The molecule has 0 aliphatic rings. The van der Waals surface area contributed by atoms with Crippen LogP contribution in [0.15, 0.2) is 36.9 Å². The molecule has 2 heterocycles. The Morgan fingerprint density at radius 3 is 2.53 bits per heavy atom. The van der Waals surface area contributed by atoms with Gasteiger partial charge in [0.1, 0.15) is 5.82 Å². The molecule has 2 rings (SSSR count). The van der Waals surface area contributed by atoms with Crippen LogP contribution in [0.5, 0.6) is 0 Å². The highest BCUT2D eigenvalue weighted by atomic mass is 14.9. The molecule has 0 aromatic carbocycles. The van der Waals surface area contributed by atoms with E-state index >= 15 is 0 Å². The Hall–Kier alpha value is -1.81. The van der Waals surface area contributed by atoms with E-state index in [2.05, 4.69) is 34.1 Å². The number of aromatic nitrogens is 3. The van der Waals surface area contributed by atoms with Crippen molar-refractivity contribution in [3.8, 4) is 0 Å². The first-order chi connectivity index (χ1) is 9.24. The Labute approximate surface area is 114 Å². The summed E-state index contributed by atoms with van der Waals surface area (Å²) in [6, 6.07) is 3.97. The molecule has 0 saturated carbocycles. The van der Waals surface area contributed by atoms with E-state index in [1.807, 2.05) is 30.7 Å².